The van der Waals surface area contributed by atoms with Gasteiger partial charge in [0, 0.05) is 35.9 Å². The average Bonchev–Trinajstić information content (AvgIpc) is 3.04. The molecule has 2 heterocycles. The van der Waals surface area contributed by atoms with Gasteiger partial charge in [0.1, 0.15) is 0 Å². The Kier molecular flexibility index (Phi) is 5.93. The number of halogens is 1. The van der Waals surface area contributed by atoms with E-state index in [9.17, 15) is 4.79 Å². The molecule has 3 rings (SSSR count). The zero-order valence-corrected chi connectivity index (χ0v) is 15.8. The monoisotopic (exact) mass is 428 g/mol. The second-order valence-corrected chi connectivity index (χ2v) is 7.92. The minimum atomic E-state index is 0.0701. The molecule has 5 heteroatoms. The molecule has 0 aliphatic carbocycles. The third kappa shape index (κ3) is 4.67. The molecule has 1 amide bonds. The number of hydrogen-bond acceptors (Lipinski definition) is 3. The Morgan fingerprint density at radius 2 is 2.13 bits per heavy atom. The van der Waals surface area contributed by atoms with Gasteiger partial charge in [0.15, 0.2) is 0 Å². The number of likely N-dealkylation sites (tertiary alicyclic amines) is 1. The van der Waals surface area contributed by atoms with Crippen molar-refractivity contribution < 1.29 is 9.53 Å². The molecule has 1 aromatic rings. The third-order valence-electron chi connectivity index (χ3n) is 4.83. The number of hydrogen-bond donors (Lipinski definition) is 1. The van der Waals surface area contributed by atoms with Gasteiger partial charge < -0.3 is 15.0 Å². The molecule has 4 nitrogen and oxygen atoms in total. The number of amides is 1. The van der Waals surface area contributed by atoms with E-state index < -0.39 is 0 Å². The standard InChI is InChI=1S/C18H25IN2O2/c1-13-2-3-17(19)16(10-13)18(22)20-15-4-7-21(8-5-15)11-14-6-9-23-12-14/h2-3,10,14-15H,4-9,11-12H2,1H3,(H,20,22). The van der Waals surface area contributed by atoms with Gasteiger partial charge in [-0.3, -0.25) is 4.79 Å². The quantitative estimate of drug-likeness (QED) is 0.751. The maximum Gasteiger partial charge on any atom is 0.252 e. The van der Waals surface area contributed by atoms with Crippen LogP contribution in [0.4, 0.5) is 0 Å². The molecule has 23 heavy (non-hydrogen) atoms. The van der Waals surface area contributed by atoms with Crippen molar-refractivity contribution in [3.05, 3.63) is 32.9 Å². The van der Waals surface area contributed by atoms with Crippen molar-refractivity contribution in [3.8, 4) is 0 Å². The fourth-order valence-electron chi connectivity index (χ4n) is 3.43. The summed E-state index contributed by atoms with van der Waals surface area (Å²) in [5, 5.41) is 3.22. The maximum atomic E-state index is 12.5. The highest BCUT2D eigenvalue weighted by Crippen LogP contribution is 2.19. The molecule has 1 aromatic carbocycles. The molecular weight excluding hydrogens is 403 g/mol. The molecule has 2 aliphatic rings. The Morgan fingerprint density at radius 3 is 2.83 bits per heavy atom. The molecule has 1 atom stereocenters. The van der Waals surface area contributed by atoms with Crippen LogP contribution in [0.25, 0.3) is 0 Å². The fraction of sp³-hybridized carbons (Fsp3) is 0.611. The summed E-state index contributed by atoms with van der Waals surface area (Å²) in [6.07, 6.45) is 3.28. The number of carbonyl (C=O) groups is 1. The molecule has 2 saturated heterocycles. The smallest absolute Gasteiger partial charge is 0.252 e. The summed E-state index contributed by atoms with van der Waals surface area (Å²) >= 11 is 2.24. The van der Waals surface area contributed by atoms with E-state index in [1.807, 2.05) is 25.1 Å². The van der Waals surface area contributed by atoms with Crippen LogP contribution in [0.2, 0.25) is 0 Å². The van der Waals surface area contributed by atoms with Gasteiger partial charge in [-0.1, -0.05) is 11.6 Å². The second kappa shape index (κ2) is 7.94. The topological polar surface area (TPSA) is 41.6 Å². The van der Waals surface area contributed by atoms with Crippen molar-refractivity contribution in [2.75, 3.05) is 32.8 Å². The van der Waals surface area contributed by atoms with Gasteiger partial charge in [0.05, 0.1) is 12.2 Å². The van der Waals surface area contributed by atoms with Gasteiger partial charge >= 0.3 is 0 Å². The van der Waals surface area contributed by atoms with Crippen molar-refractivity contribution in [1.29, 1.82) is 0 Å². The first-order valence-electron chi connectivity index (χ1n) is 8.49. The van der Waals surface area contributed by atoms with Crippen molar-refractivity contribution in [1.82, 2.24) is 10.2 Å². The molecule has 2 aliphatic heterocycles. The summed E-state index contributed by atoms with van der Waals surface area (Å²) in [5.41, 5.74) is 1.93. The Morgan fingerprint density at radius 1 is 1.35 bits per heavy atom. The van der Waals surface area contributed by atoms with Crippen LogP contribution in [0.1, 0.15) is 35.2 Å². The van der Waals surface area contributed by atoms with E-state index in [-0.39, 0.29) is 5.91 Å². The van der Waals surface area contributed by atoms with Gasteiger partial charge in [0.2, 0.25) is 0 Å². The summed E-state index contributed by atoms with van der Waals surface area (Å²) in [7, 11) is 0. The highest BCUT2D eigenvalue weighted by Gasteiger charge is 2.25. The van der Waals surface area contributed by atoms with E-state index in [2.05, 4.69) is 32.8 Å². The zero-order chi connectivity index (χ0) is 16.2. The normalized spacial score (nSPS) is 23.1. The minimum absolute atomic E-state index is 0.0701. The number of nitrogens with zero attached hydrogens (tertiary/aromatic N) is 1. The molecule has 0 radical (unpaired) electrons. The number of ether oxygens (including phenoxy) is 1. The van der Waals surface area contributed by atoms with Gasteiger partial charge in [-0.25, -0.2) is 0 Å². The summed E-state index contributed by atoms with van der Waals surface area (Å²) in [5.74, 6) is 0.774. The summed E-state index contributed by atoms with van der Waals surface area (Å²) in [4.78, 5) is 15.0. The highest BCUT2D eigenvalue weighted by atomic mass is 127. The Hall–Kier alpha value is -0.660. The van der Waals surface area contributed by atoms with Crippen LogP contribution in [0.15, 0.2) is 18.2 Å². The maximum absolute atomic E-state index is 12.5. The van der Waals surface area contributed by atoms with Gasteiger partial charge in [-0.15, -0.1) is 0 Å². The number of benzene rings is 1. The van der Waals surface area contributed by atoms with Crippen molar-refractivity contribution >= 4 is 28.5 Å². The molecule has 2 fully saturated rings. The van der Waals surface area contributed by atoms with Crippen molar-refractivity contribution in [2.45, 2.75) is 32.2 Å². The lowest BCUT2D eigenvalue weighted by Gasteiger charge is -2.33. The number of aryl methyl sites for hydroxylation is 1. The summed E-state index contributed by atoms with van der Waals surface area (Å²) in [6.45, 7) is 7.17. The van der Waals surface area contributed by atoms with Crippen LogP contribution in [0.3, 0.4) is 0 Å². The minimum Gasteiger partial charge on any atom is -0.381 e. The van der Waals surface area contributed by atoms with Gasteiger partial charge in [-0.05, 0) is 66.8 Å². The van der Waals surface area contributed by atoms with E-state index >= 15 is 0 Å². The Bertz CT molecular complexity index is 550. The average molecular weight is 428 g/mol. The molecule has 0 bridgehead atoms. The van der Waals surface area contributed by atoms with Gasteiger partial charge in [0.25, 0.3) is 5.91 Å². The van der Waals surface area contributed by atoms with E-state index in [0.717, 1.165) is 60.4 Å². The van der Waals surface area contributed by atoms with Crippen LogP contribution in [0.5, 0.6) is 0 Å². The lowest BCUT2D eigenvalue weighted by Crippen LogP contribution is -2.46. The zero-order valence-electron chi connectivity index (χ0n) is 13.7. The molecule has 126 valence electrons. The largest absolute Gasteiger partial charge is 0.381 e. The fourth-order valence-corrected chi connectivity index (χ4v) is 4.01. The van der Waals surface area contributed by atoms with Crippen LogP contribution in [-0.2, 0) is 4.74 Å². The van der Waals surface area contributed by atoms with Crippen LogP contribution < -0.4 is 5.32 Å². The highest BCUT2D eigenvalue weighted by molar-refractivity contribution is 14.1. The second-order valence-electron chi connectivity index (χ2n) is 6.76. The molecule has 0 saturated carbocycles. The molecule has 1 N–H and O–H groups in total. The summed E-state index contributed by atoms with van der Waals surface area (Å²) in [6, 6.07) is 6.34. The van der Waals surface area contributed by atoms with Crippen LogP contribution in [0, 0.1) is 16.4 Å². The molecular formula is C18H25IN2O2. The first kappa shape index (κ1) is 17.2. The van der Waals surface area contributed by atoms with Gasteiger partial charge in [-0.2, -0.15) is 0 Å². The van der Waals surface area contributed by atoms with E-state index in [1.54, 1.807) is 0 Å². The SMILES string of the molecule is Cc1ccc(I)c(C(=O)NC2CCN(CC3CCOC3)CC2)c1. The molecule has 1 unspecified atom stereocenters. The van der Waals surface area contributed by atoms with Crippen molar-refractivity contribution in [2.24, 2.45) is 5.92 Å². The first-order chi connectivity index (χ1) is 11.1. The van der Waals surface area contributed by atoms with Crippen LogP contribution in [-0.4, -0.2) is 49.7 Å². The summed E-state index contributed by atoms with van der Waals surface area (Å²) < 4.78 is 6.48. The number of rotatable bonds is 4. The van der Waals surface area contributed by atoms with Crippen LogP contribution >= 0.6 is 22.6 Å². The molecule has 0 aromatic heterocycles. The Balaban J connectivity index is 1.48. The number of nitrogens with one attached hydrogen (secondary N) is 1. The van der Waals surface area contributed by atoms with E-state index in [4.69, 9.17) is 4.74 Å². The Labute approximate surface area is 152 Å². The predicted molar refractivity (Wildman–Crippen MR) is 99.8 cm³/mol. The molecule has 0 spiro atoms. The third-order valence-corrected chi connectivity index (χ3v) is 5.77. The van der Waals surface area contributed by atoms with Crippen molar-refractivity contribution in [3.63, 3.8) is 0 Å². The lowest BCUT2D eigenvalue weighted by molar-refractivity contribution is 0.0902. The first-order valence-corrected chi connectivity index (χ1v) is 9.57. The van der Waals surface area contributed by atoms with E-state index in [1.165, 1.54) is 6.42 Å². The number of carbonyl (C=O) groups excluding carboxylic acids is 1. The predicted octanol–water partition coefficient (Wildman–Crippen LogP) is 2.83. The number of piperidine rings is 1. The van der Waals surface area contributed by atoms with E-state index in [0.29, 0.717) is 12.0 Å². The lowest BCUT2D eigenvalue weighted by atomic mass is 10.0.